The molecule has 17 heavy (non-hydrogen) atoms. The van der Waals surface area contributed by atoms with Gasteiger partial charge in [-0.3, -0.25) is 10.2 Å². The van der Waals surface area contributed by atoms with Crippen LogP contribution in [0, 0.1) is 11.3 Å². The van der Waals surface area contributed by atoms with Crippen LogP contribution in [0.4, 0.5) is 0 Å². The Labute approximate surface area is 105 Å². The van der Waals surface area contributed by atoms with Crippen LogP contribution in [0.15, 0.2) is 0 Å². The molecule has 0 aromatic heterocycles. The summed E-state index contributed by atoms with van der Waals surface area (Å²) in [4.78, 5) is 2.45. The minimum absolute atomic E-state index is 0.397. The van der Waals surface area contributed by atoms with Gasteiger partial charge in [-0.1, -0.05) is 13.8 Å². The fraction of sp³-hybridized carbons (Fsp3) is 0.923. The molecule has 0 bridgehead atoms. The van der Waals surface area contributed by atoms with Gasteiger partial charge in [-0.05, 0) is 26.3 Å². The Morgan fingerprint density at radius 3 is 2.88 bits per heavy atom. The van der Waals surface area contributed by atoms with Crippen molar-refractivity contribution in [3.05, 3.63) is 0 Å². The fourth-order valence-corrected chi connectivity index (χ4v) is 2.30. The summed E-state index contributed by atoms with van der Waals surface area (Å²) in [6, 6.07) is 2.90. The summed E-state index contributed by atoms with van der Waals surface area (Å²) in [6.45, 7) is 10.7. The number of hydrogen-bond donors (Lipinski definition) is 1. The lowest BCUT2D eigenvalue weighted by Gasteiger charge is -2.36. The van der Waals surface area contributed by atoms with E-state index >= 15 is 0 Å². The number of nitriles is 1. The van der Waals surface area contributed by atoms with Crippen LogP contribution >= 0.6 is 0 Å². The molecule has 0 radical (unpaired) electrons. The van der Waals surface area contributed by atoms with Gasteiger partial charge in [-0.25, -0.2) is 0 Å². The molecule has 1 aliphatic rings. The van der Waals surface area contributed by atoms with Crippen molar-refractivity contribution in [2.75, 3.05) is 32.8 Å². The van der Waals surface area contributed by atoms with E-state index in [1.54, 1.807) is 0 Å². The molecule has 0 amide bonds. The monoisotopic (exact) mass is 239 g/mol. The molecule has 1 saturated heterocycles. The maximum atomic E-state index is 9.21. The normalized spacial score (nSPS) is 25.2. The SMILES string of the molecule is CCNC(C)(C#N)CCN1CCOCC1CC. The number of nitrogens with one attached hydrogen (secondary N) is 1. The molecule has 4 nitrogen and oxygen atoms in total. The van der Waals surface area contributed by atoms with Gasteiger partial charge in [0.25, 0.3) is 0 Å². The van der Waals surface area contributed by atoms with Crippen LogP contribution in [-0.2, 0) is 4.74 Å². The molecular formula is C13H25N3O. The Morgan fingerprint density at radius 1 is 1.53 bits per heavy atom. The second kappa shape index (κ2) is 6.95. The second-order valence-electron chi connectivity index (χ2n) is 4.90. The van der Waals surface area contributed by atoms with Crippen molar-refractivity contribution in [3.63, 3.8) is 0 Å². The van der Waals surface area contributed by atoms with E-state index in [9.17, 15) is 5.26 Å². The summed E-state index contributed by atoms with van der Waals surface area (Å²) in [7, 11) is 0. The zero-order valence-corrected chi connectivity index (χ0v) is 11.3. The van der Waals surface area contributed by atoms with Gasteiger partial charge >= 0.3 is 0 Å². The van der Waals surface area contributed by atoms with Gasteiger partial charge in [0.05, 0.1) is 19.3 Å². The third kappa shape index (κ3) is 4.27. The van der Waals surface area contributed by atoms with Crippen molar-refractivity contribution < 1.29 is 4.74 Å². The van der Waals surface area contributed by atoms with Gasteiger partial charge in [-0.2, -0.15) is 5.26 Å². The van der Waals surface area contributed by atoms with Crippen molar-refractivity contribution in [3.8, 4) is 6.07 Å². The minimum Gasteiger partial charge on any atom is -0.378 e. The highest BCUT2D eigenvalue weighted by atomic mass is 16.5. The molecule has 0 spiro atoms. The maximum absolute atomic E-state index is 9.21. The van der Waals surface area contributed by atoms with Crippen LogP contribution in [0.1, 0.15) is 33.6 Å². The summed E-state index contributed by atoms with van der Waals surface area (Å²) < 4.78 is 5.49. The van der Waals surface area contributed by atoms with Gasteiger partial charge in [0, 0.05) is 19.1 Å². The average molecular weight is 239 g/mol. The Kier molecular flexibility index (Phi) is 5.90. The molecule has 1 heterocycles. The lowest BCUT2D eigenvalue weighted by Crippen LogP contribution is -2.49. The van der Waals surface area contributed by atoms with Crippen LogP contribution in [0.3, 0.4) is 0 Å². The fourth-order valence-electron chi connectivity index (χ4n) is 2.30. The first-order valence-corrected chi connectivity index (χ1v) is 6.63. The number of rotatable bonds is 6. The van der Waals surface area contributed by atoms with Crippen LogP contribution in [-0.4, -0.2) is 49.3 Å². The first-order chi connectivity index (χ1) is 8.15. The molecule has 2 unspecified atom stereocenters. The largest absolute Gasteiger partial charge is 0.378 e. The highest BCUT2D eigenvalue weighted by molar-refractivity contribution is 5.04. The molecule has 2 atom stereocenters. The molecule has 0 aromatic rings. The average Bonchev–Trinajstić information content (AvgIpc) is 2.37. The molecular weight excluding hydrogens is 214 g/mol. The Bertz CT molecular complexity index is 264. The predicted octanol–water partition coefficient (Wildman–Crippen LogP) is 1.38. The number of morpholine rings is 1. The Balaban J connectivity index is 2.45. The number of nitrogens with zero attached hydrogens (tertiary/aromatic N) is 2. The minimum atomic E-state index is -0.397. The smallest absolute Gasteiger partial charge is 0.105 e. The van der Waals surface area contributed by atoms with E-state index in [0.29, 0.717) is 6.04 Å². The van der Waals surface area contributed by atoms with Crippen molar-refractivity contribution in [1.82, 2.24) is 10.2 Å². The quantitative estimate of drug-likeness (QED) is 0.761. The predicted molar refractivity (Wildman–Crippen MR) is 68.8 cm³/mol. The standard InChI is InChI=1S/C13H25N3O/c1-4-12-10-17-9-8-16(12)7-6-13(3,11-14)15-5-2/h12,15H,4-10H2,1-3H3. The van der Waals surface area contributed by atoms with E-state index in [1.165, 1.54) is 0 Å². The summed E-state index contributed by atoms with van der Waals surface area (Å²) in [5, 5.41) is 12.5. The Hall–Kier alpha value is -0.630. The van der Waals surface area contributed by atoms with Crippen molar-refractivity contribution in [2.45, 2.75) is 45.2 Å². The Morgan fingerprint density at radius 2 is 2.29 bits per heavy atom. The van der Waals surface area contributed by atoms with E-state index in [0.717, 1.165) is 45.7 Å². The van der Waals surface area contributed by atoms with Crippen molar-refractivity contribution in [2.24, 2.45) is 0 Å². The maximum Gasteiger partial charge on any atom is 0.105 e. The molecule has 1 N–H and O–H groups in total. The summed E-state index contributed by atoms with van der Waals surface area (Å²) >= 11 is 0. The first-order valence-electron chi connectivity index (χ1n) is 6.63. The molecule has 4 heteroatoms. The van der Waals surface area contributed by atoms with Gasteiger partial charge in [0.2, 0.25) is 0 Å². The van der Waals surface area contributed by atoms with E-state index in [1.807, 2.05) is 13.8 Å². The van der Waals surface area contributed by atoms with Gasteiger partial charge in [0.15, 0.2) is 0 Å². The van der Waals surface area contributed by atoms with Crippen molar-refractivity contribution >= 4 is 0 Å². The van der Waals surface area contributed by atoms with Crippen LogP contribution in [0.25, 0.3) is 0 Å². The molecule has 1 rings (SSSR count). The van der Waals surface area contributed by atoms with E-state index in [-0.39, 0.29) is 0 Å². The summed E-state index contributed by atoms with van der Waals surface area (Å²) in [5.41, 5.74) is -0.397. The second-order valence-corrected chi connectivity index (χ2v) is 4.90. The highest BCUT2D eigenvalue weighted by Crippen LogP contribution is 2.15. The van der Waals surface area contributed by atoms with E-state index in [2.05, 4.69) is 23.2 Å². The summed E-state index contributed by atoms with van der Waals surface area (Å²) in [5.74, 6) is 0. The van der Waals surface area contributed by atoms with Gasteiger partial charge in [-0.15, -0.1) is 0 Å². The van der Waals surface area contributed by atoms with Crippen LogP contribution < -0.4 is 5.32 Å². The molecule has 0 saturated carbocycles. The zero-order chi connectivity index (χ0) is 12.7. The molecule has 0 aromatic carbocycles. The lowest BCUT2D eigenvalue weighted by atomic mass is 9.98. The number of ether oxygens (including phenoxy) is 1. The molecule has 1 aliphatic heterocycles. The van der Waals surface area contributed by atoms with Gasteiger partial charge in [0.1, 0.15) is 5.54 Å². The summed E-state index contributed by atoms with van der Waals surface area (Å²) in [6.07, 6.45) is 1.98. The molecule has 98 valence electrons. The zero-order valence-electron chi connectivity index (χ0n) is 11.3. The van der Waals surface area contributed by atoms with Crippen molar-refractivity contribution in [1.29, 1.82) is 5.26 Å². The van der Waals surface area contributed by atoms with Gasteiger partial charge < -0.3 is 4.74 Å². The highest BCUT2D eigenvalue weighted by Gasteiger charge is 2.26. The van der Waals surface area contributed by atoms with E-state index in [4.69, 9.17) is 4.74 Å². The van der Waals surface area contributed by atoms with E-state index < -0.39 is 5.54 Å². The van der Waals surface area contributed by atoms with Crippen LogP contribution in [0.2, 0.25) is 0 Å². The topological polar surface area (TPSA) is 48.3 Å². The molecule has 1 fully saturated rings. The first kappa shape index (κ1) is 14.4. The number of hydrogen-bond acceptors (Lipinski definition) is 4. The third-order valence-corrected chi connectivity index (χ3v) is 3.53. The lowest BCUT2D eigenvalue weighted by molar-refractivity contribution is -0.0108. The molecule has 0 aliphatic carbocycles. The van der Waals surface area contributed by atoms with Crippen LogP contribution in [0.5, 0.6) is 0 Å². The third-order valence-electron chi connectivity index (χ3n) is 3.53.